The van der Waals surface area contributed by atoms with Gasteiger partial charge in [0.1, 0.15) is 5.82 Å². The molecule has 0 radical (unpaired) electrons. The Morgan fingerprint density at radius 1 is 1.12 bits per heavy atom. The second kappa shape index (κ2) is 5.74. The largest absolute Gasteiger partial charge is 0.392 e. The molecule has 0 aromatic heterocycles. The van der Waals surface area contributed by atoms with Gasteiger partial charge in [0.15, 0.2) is 0 Å². The van der Waals surface area contributed by atoms with Gasteiger partial charge in [0.05, 0.1) is 22.2 Å². The Balaban J connectivity index is 2.15. The lowest BCUT2D eigenvalue weighted by Gasteiger charge is -2.19. The van der Waals surface area contributed by atoms with Crippen LogP contribution in [0.3, 0.4) is 0 Å². The normalized spacial score (nSPS) is 27.4. The summed E-state index contributed by atoms with van der Waals surface area (Å²) >= 11 is 0. The van der Waals surface area contributed by atoms with Crippen LogP contribution in [-0.4, -0.2) is 20.7 Å². The molecule has 1 aliphatic rings. The maximum absolute atomic E-state index is 12.8. The lowest BCUT2D eigenvalue weighted by atomic mass is 10.1. The van der Waals surface area contributed by atoms with Crippen LogP contribution in [0.4, 0.5) is 4.39 Å². The summed E-state index contributed by atoms with van der Waals surface area (Å²) in [6, 6.07) is 5.72. The molecule has 17 heavy (non-hydrogen) atoms. The number of halogens is 1. The third-order valence-electron chi connectivity index (χ3n) is 3.24. The Hall–Kier alpha value is -0.740. The van der Waals surface area contributed by atoms with Gasteiger partial charge in [-0.25, -0.2) is 4.39 Å². The van der Waals surface area contributed by atoms with Gasteiger partial charge in [-0.2, -0.15) is 0 Å². The number of hydrogen-bond donors (Lipinski definition) is 1. The first-order chi connectivity index (χ1) is 8.18. The molecule has 0 amide bonds. The molecule has 1 aliphatic carbocycles. The van der Waals surface area contributed by atoms with Crippen molar-refractivity contribution in [2.75, 3.05) is 0 Å². The molecule has 3 unspecified atom stereocenters. The molecule has 1 fully saturated rings. The van der Waals surface area contributed by atoms with E-state index < -0.39 is 16.9 Å². The van der Waals surface area contributed by atoms with E-state index in [-0.39, 0.29) is 11.1 Å². The Morgan fingerprint density at radius 2 is 1.76 bits per heavy atom. The van der Waals surface area contributed by atoms with Crippen molar-refractivity contribution in [2.45, 2.75) is 48.4 Å². The summed E-state index contributed by atoms with van der Waals surface area (Å²) < 4.78 is 25.1. The van der Waals surface area contributed by atoms with E-state index in [2.05, 4.69) is 0 Å². The van der Waals surface area contributed by atoms with Gasteiger partial charge < -0.3 is 5.11 Å². The third-order valence-corrected chi connectivity index (χ3v) is 5.08. The van der Waals surface area contributed by atoms with Crippen molar-refractivity contribution < 1.29 is 13.7 Å². The summed E-state index contributed by atoms with van der Waals surface area (Å²) in [6.45, 7) is 0. The van der Waals surface area contributed by atoms with Crippen LogP contribution in [0.2, 0.25) is 0 Å². The van der Waals surface area contributed by atoms with E-state index in [0.717, 1.165) is 32.1 Å². The molecular weight excluding hydrogens is 239 g/mol. The molecule has 2 rings (SSSR count). The van der Waals surface area contributed by atoms with E-state index in [1.165, 1.54) is 12.1 Å². The quantitative estimate of drug-likeness (QED) is 0.826. The number of hydrogen-bond acceptors (Lipinski definition) is 2. The first-order valence-electron chi connectivity index (χ1n) is 6.02. The number of rotatable bonds is 2. The first kappa shape index (κ1) is 12.7. The minimum atomic E-state index is -1.24. The highest BCUT2D eigenvalue weighted by atomic mass is 32.2. The Bertz CT molecular complexity index is 391. The topological polar surface area (TPSA) is 37.3 Å². The predicted molar refractivity (Wildman–Crippen MR) is 65.7 cm³/mol. The van der Waals surface area contributed by atoms with Crippen LogP contribution in [-0.2, 0) is 10.8 Å². The Labute approximate surface area is 103 Å². The average molecular weight is 256 g/mol. The summed E-state index contributed by atoms with van der Waals surface area (Å²) in [6.07, 6.45) is 4.10. The molecule has 4 heteroatoms. The number of benzene rings is 1. The number of aliphatic hydroxyl groups is 1. The van der Waals surface area contributed by atoms with E-state index in [4.69, 9.17) is 0 Å². The van der Waals surface area contributed by atoms with Gasteiger partial charge in [-0.3, -0.25) is 4.21 Å². The van der Waals surface area contributed by atoms with Gasteiger partial charge in [-0.05, 0) is 37.1 Å². The molecule has 2 nitrogen and oxygen atoms in total. The van der Waals surface area contributed by atoms with Crippen LogP contribution >= 0.6 is 0 Å². The summed E-state index contributed by atoms with van der Waals surface area (Å²) in [5.41, 5.74) is 0. The number of aliphatic hydroxyl groups excluding tert-OH is 1. The lowest BCUT2D eigenvalue weighted by Crippen LogP contribution is -2.29. The maximum Gasteiger partial charge on any atom is 0.123 e. The highest BCUT2D eigenvalue weighted by Crippen LogP contribution is 2.25. The van der Waals surface area contributed by atoms with Crippen LogP contribution < -0.4 is 0 Å². The minimum Gasteiger partial charge on any atom is -0.392 e. The molecular formula is C13H17FO2S. The molecule has 1 aromatic carbocycles. The minimum absolute atomic E-state index is 0.206. The van der Waals surface area contributed by atoms with Gasteiger partial charge in [-0.1, -0.05) is 19.3 Å². The lowest BCUT2D eigenvalue weighted by molar-refractivity contribution is 0.161. The molecule has 1 saturated carbocycles. The summed E-state index contributed by atoms with van der Waals surface area (Å²) in [4.78, 5) is 0.609. The van der Waals surface area contributed by atoms with Crippen molar-refractivity contribution in [3.05, 3.63) is 30.1 Å². The van der Waals surface area contributed by atoms with Crippen molar-refractivity contribution in [2.24, 2.45) is 0 Å². The summed E-state index contributed by atoms with van der Waals surface area (Å²) in [7, 11) is -1.24. The van der Waals surface area contributed by atoms with Crippen LogP contribution in [0, 0.1) is 5.82 Å². The molecule has 0 heterocycles. The fourth-order valence-corrected chi connectivity index (χ4v) is 3.80. The molecule has 0 saturated heterocycles. The second-order valence-electron chi connectivity index (χ2n) is 4.50. The second-order valence-corrected chi connectivity index (χ2v) is 6.17. The van der Waals surface area contributed by atoms with Gasteiger partial charge in [0.2, 0.25) is 0 Å². The molecule has 0 bridgehead atoms. The van der Waals surface area contributed by atoms with Crippen molar-refractivity contribution in [3.63, 3.8) is 0 Å². The Kier molecular flexibility index (Phi) is 4.29. The zero-order valence-electron chi connectivity index (χ0n) is 9.64. The van der Waals surface area contributed by atoms with Gasteiger partial charge in [0.25, 0.3) is 0 Å². The predicted octanol–water partition coefficient (Wildman–Crippen LogP) is 2.63. The van der Waals surface area contributed by atoms with Crippen LogP contribution in [0.1, 0.15) is 32.1 Å². The van der Waals surface area contributed by atoms with E-state index in [1.807, 2.05) is 0 Å². The highest BCUT2D eigenvalue weighted by molar-refractivity contribution is 7.85. The summed E-state index contributed by atoms with van der Waals surface area (Å²) in [5.74, 6) is -0.327. The highest BCUT2D eigenvalue weighted by Gasteiger charge is 2.27. The standard InChI is InChI=1S/C13H17FO2S/c14-10-6-8-11(9-7-10)17(16)13-5-3-1-2-4-12(13)15/h6-9,12-13,15H,1-5H2. The first-order valence-corrected chi connectivity index (χ1v) is 7.24. The van der Waals surface area contributed by atoms with Gasteiger partial charge in [0, 0.05) is 4.90 Å². The smallest absolute Gasteiger partial charge is 0.123 e. The van der Waals surface area contributed by atoms with Crippen LogP contribution in [0.15, 0.2) is 29.2 Å². The molecule has 3 atom stereocenters. The van der Waals surface area contributed by atoms with Crippen molar-refractivity contribution in [3.8, 4) is 0 Å². The van der Waals surface area contributed by atoms with Gasteiger partial charge in [-0.15, -0.1) is 0 Å². The molecule has 0 spiro atoms. The monoisotopic (exact) mass is 256 g/mol. The Morgan fingerprint density at radius 3 is 2.47 bits per heavy atom. The molecule has 1 aromatic rings. The van der Waals surface area contributed by atoms with Crippen molar-refractivity contribution >= 4 is 10.8 Å². The third kappa shape index (κ3) is 3.13. The molecule has 1 N–H and O–H groups in total. The average Bonchev–Trinajstić information content (AvgIpc) is 2.54. The van der Waals surface area contributed by atoms with E-state index in [1.54, 1.807) is 12.1 Å². The molecule has 0 aliphatic heterocycles. The van der Waals surface area contributed by atoms with Crippen molar-refractivity contribution in [1.82, 2.24) is 0 Å². The summed E-state index contributed by atoms with van der Waals surface area (Å²) in [5, 5.41) is 9.76. The fourth-order valence-electron chi connectivity index (χ4n) is 2.25. The van der Waals surface area contributed by atoms with Crippen LogP contribution in [0.25, 0.3) is 0 Å². The van der Waals surface area contributed by atoms with E-state index >= 15 is 0 Å². The zero-order chi connectivity index (χ0) is 12.3. The fraction of sp³-hybridized carbons (Fsp3) is 0.538. The van der Waals surface area contributed by atoms with E-state index in [0.29, 0.717) is 4.90 Å². The van der Waals surface area contributed by atoms with E-state index in [9.17, 15) is 13.7 Å². The zero-order valence-corrected chi connectivity index (χ0v) is 10.5. The maximum atomic E-state index is 12.8. The molecule has 94 valence electrons. The SMILES string of the molecule is O=S(c1ccc(F)cc1)C1CCCCCC1O. The van der Waals surface area contributed by atoms with Gasteiger partial charge >= 0.3 is 0 Å². The van der Waals surface area contributed by atoms with Crippen molar-refractivity contribution in [1.29, 1.82) is 0 Å². The van der Waals surface area contributed by atoms with Crippen LogP contribution in [0.5, 0.6) is 0 Å².